The first-order valence-corrected chi connectivity index (χ1v) is 6.21. The van der Waals surface area contributed by atoms with Crippen molar-refractivity contribution < 1.29 is 40.5 Å². The van der Waals surface area contributed by atoms with Gasteiger partial charge in [0.1, 0.15) is 0 Å². The number of carbonyl (C=O) groups is 2. The molecule has 7 heteroatoms. The molecule has 0 heterocycles. The third-order valence-corrected chi connectivity index (χ3v) is 2.57. The predicted octanol–water partition coefficient (Wildman–Crippen LogP) is 1.60. The average molecular weight is 474 g/mol. The van der Waals surface area contributed by atoms with Crippen molar-refractivity contribution in [3.05, 3.63) is 41.6 Å². The number of carboxylic acids is 1. The van der Waals surface area contributed by atoms with E-state index in [0.29, 0.717) is 0 Å². The summed E-state index contributed by atoms with van der Waals surface area (Å²) >= 11 is 0. The molecule has 1 atom stereocenters. The Morgan fingerprint density at radius 2 is 1.90 bits per heavy atom. The van der Waals surface area contributed by atoms with Crippen LogP contribution in [0.1, 0.15) is 19.4 Å². The van der Waals surface area contributed by atoms with E-state index in [4.69, 9.17) is 15.6 Å². The number of carboxylic acid groups (broad SMARTS) is 1. The van der Waals surface area contributed by atoms with E-state index in [1.54, 1.807) is 0 Å². The van der Waals surface area contributed by atoms with Gasteiger partial charge in [-0.15, -0.1) is 0 Å². The Morgan fingerprint density at radius 1 is 1.33 bits per heavy atom. The van der Waals surface area contributed by atoms with Crippen molar-refractivity contribution in [3.63, 3.8) is 0 Å². The van der Waals surface area contributed by atoms with E-state index in [1.165, 1.54) is 13.8 Å². The first-order chi connectivity index (χ1) is 9.30. The molecule has 0 aliphatic heterocycles. The molecule has 0 radical (unpaired) electrons. The second kappa shape index (κ2) is 8.92. The van der Waals surface area contributed by atoms with Crippen LogP contribution < -0.4 is 5.32 Å². The van der Waals surface area contributed by atoms with Crippen LogP contribution in [0.15, 0.2) is 30.3 Å². The van der Waals surface area contributed by atoms with Gasteiger partial charge in [0, 0.05) is 21.1 Å². The second-order valence-corrected chi connectivity index (χ2v) is 4.99. The molecule has 0 unspecified atom stereocenters. The minimum Gasteiger partial charge on any atom is -0.664 e. The zero-order valence-corrected chi connectivity index (χ0v) is 14.1. The number of ether oxygens (including phenoxy) is 1. The molecule has 1 aromatic carbocycles. The molecule has 0 aliphatic carbocycles. The van der Waals surface area contributed by atoms with Crippen molar-refractivity contribution in [3.8, 4) is 0 Å². The normalized spacial score (nSPS) is 12.1. The number of nitrogens with one attached hydrogen (secondary N) is 2. The monoisotopic (exact) mass is 474 g/mol. The molecular formula is C14H19N2O4Pt-. The fourth-order valence-corrected chi connectivity index (χ4v) is 1.38. The number of carbonyl (C=O) groups excluding carboxylic acids is 1. The number of rotatable bonds is 7. The Morgan fingerprint density at radius 3 is 2.38 bits per heavy atom. The van der Waals surface area contributed by atoms with Crippen LogP contribution in [0.25, 0.3) is 5.73 Å². The molecule has 120 valence electrons. The van der Waals surface area contributed by atoms with Crippen LogP contribution in [0, 0.1) is 0 Å². The number of amides is 1. The van der Waals surface area contributed by atoms with Crippen molar-refractivity contribution >= 4 is 11.9 Å². The Bertz CT molecular complexity index is 460. The fraction of sp³-hybridized carbons (Fsp3) is 0.429. The van der Waals surface area contributed by atoms with Crippen LogP contribution in [0.4, 0.5) is 0 Å². The summed E-state index contributed by atoms with van der Waals surface area (Å²) in [5, 5.41) is 11.3. The maximum absolute atomic E-state index is 11.6. The van der Waals surface area contributed by atoms with Gasteiger partial charge in [-0.05, 0) is 5.56 Å². The second-order valence-electron chi connectivity index (χ2n) is 4.99. The molecule has 21 heavy (non-hydrogen) atoms. The van der Waals surface area contributed by atoms with Crippen molar-refractivity contribution in [2.75, 3.05) is 6.61 Å². The van der Waals surface area contributed by atoms with Crippen LogP contribution in [0.3, 0.4) is 0 Å². The quantitative estimate of drug-likeness (QED) is 0.627. The largest absolute Gasteiger partial charge is 0.664 e. The minimum absolute atomic E-state index is 0. The first-order valence-electron chi connectivity index (χ1n) is 6.21. The van der Waals surface area contributed by atoms with Gasteiger partial charge in [-0.3, -0.25) is 4.79 Å². The zero-order valence-electron chi connectivity index (χ0n) is 11.9. The van der Waals surface area contributed by atoms with E-state index in [9.17, 15) is 9.59 Å². The van der Waals surface area contributed by atoms with Crippen LogP contribution in [-0.4, -0.2) is 35.2 Å². The van der Waals surface area contributed by atoms with Crippen molar-refractivity contribution in [1.82, 2.24) is 5.32 Å². The fourth-order valence-electron chi connectivity index (χ4n) is 1.38. The van der Waals surface area contributed by atoms with Gasteiger partial charge in [0.2, 0.25) is 5.91 Å². The molecule has 0 saturated carbocycles. The Hall–Kier alpha value is -1.23. The van der Waals surface area contributed by atoms with Gasteiger partial charge in [0.05, 0.1) is 13.2 Å². The molecule has 0 aliphatic rings. The Kier molecular flexibility index (Phi) is 8.40. The maximum Gasteiger partial charge on any atom is 0.328 e. The van der Waals surface area contributed by atoms with Gasteiger partial charge < -0.3 is 20.9 Å². The van der Waals surface area contributed by atoms with E-state index in [-0.39, 0.29) is 34.3 Å². The summed E-state index contributed by atoms with van der Waals surface area (Å²) in [5.74, 6) is -1.83. The van der Waals surface area contributed by atoms with Crippen molar-refractivity contribution in [1.29, 1.82) is 0 Å². The van der Waals surface area contributed by atoms with Crippen LogP contribution in [-0.2, 0) is 42.0 Å². The van der Waals surface area contributed by atoms with Gasteiger partial charge in [0.25, 0.3) is 0 Å². The molecule has 0 fully saturated rings. The van der Waals surface area contributed by atoms with Gasteiger partial charge in [0.15, 0.2) is 6.04 Å². The van der Waals surface area contributed by atoms with Crippen molar-refractivity contribution in [2.45, 2.75) is 32.0 Å². The van der Waals surface area contributed by atoms with E-state index in [0.717, 1.165) is 5.56 Å². The van der Waals surface area contributed by atoms with Crippen LogP contribution in [0.5, 0.6) is 0 Å². The summed E-state index contributed by atoms with van der Waals surface area (Å²) < 4.78 is 5.30. The number of hydrogen-bond acceptors (Lipinski definition) is 3. The summed E-state index contributed by atoms with van der Waals surface area (Å²) in [5.41, 5.74) is 7.08. The summed E-state index contributed by atoms with van der Waals surface area (Å²) in [6.07, 6.45) is 0. The molecule has 1 aromatic rings. The zero-order chi connectivity index (χ0) is 15.2. The Balaban J connectivity index is 0.00000400. The molecule has 0 saturated heterocycles. The van der Waals surface area contributed by atoms with E-state index >= 15 is 0 Å². The van der Waals surface area contributed by atoms with Gasteiger partial charge in [-0.2, -0.15) is 0 Å². The third-order valence-electron chi connectivity index (χ3n) is 2.57. The summed E-state index contributed by atoms with van der Waals surface area (Å²) in [6, 6.07) is 8.16. The summed E-state index contributed by atoms with van der Waals surface area (Å²) in [7, 11) is 0. The number of aliphatic carboxylic acids is 1. The molecule has 1 rings (SSSR count). The molecule has 0 aromatic heterocycles. The molecule has 3 N–H and O–H groups in total. The molecule has 1 amide bonds. The first kappa shape index (κ1) is 19.8. The predicted molar refractivity (Wildman–Crippen MR) is 74.1 cm³/mol. The third kappa shape index (κ3) is 7.36. The van der Waals surface area contributed by atoms with Crippen molar-refractivity contribution in [2.24, 2.45) is 0 Å². The minimum atomic E-state index is -1.38. The smallest absolute Gasteiger partial charge is 0.328 e. The summed E-state index contributed by atoms with van der Waals surface area (Å²) in [6.45, 7) is 2.91. The summed E-state index contributed by atoms with van der Waals surface area (Å²) in [4.78, 5) is 22.6. The molecule has 0 bridgehead atoms. The van der Waals surface area contributed by atoms with Crippen LogP contribution >= 0.6 is 0 Å². The molecule has 6 nitrogen and oxygen atoms in total. The number of hydrogen-bond donors (Lipinski definition) is 2. The maximum atomic E-state index is 11.6. The topological polar surface area (TPSA) is 99.4 Å². The van der Waals surface area contributed by atoms with E-state index in [1.807, 2.05) is 30.3 Å². The van der Waals surface area contributed by atoms with E-state index < -0.39 is 23.5 Å². The Labute approximate surface area is 138 Å². The van der Waals surface area contributed by atoms with Crippen LogP contribution in [0.2, 0.25) is 0 Å². The SMILES string of the molecule is CC(C)([NH-])C(=O)N[C@H](COCc1ccccc1)C(=O)O.[Pt]. The standard InChI is InChI=1S/C14H19N2O4.Pt/c1-14(2,15)13(19)16-11(12(17)18)9-20-8-10-6-4-3-5-7-10;/h3-7,11,15H,8-9H2,1-2H3,(H,16,19)(H,17,18);/q-1;/t11-;/m1./s1. The van der Waals surface area contributed by atoms with Gasteiger partial charge >= 0.3 is 5.97 Å². The number of benzene rings is 1. The van der Waals surface area contributed by atoms with Gasteiger partial charge in [-0.1, -0.05) is 49.7 Å². The van der Waals surface area contributed by atoms with E-state index in [2.05, 4.69) is 5.32 Å². The molecule has 0 spiro atoms. The van der Waals surface area contributed by atoms with Gasteiger partial charge in [-0.25, -0.2) is 4.79 Å². The average Bonchev–Trinajstić information content (AvgIpc) is 2.37. The molecular weight excluding hydrogens is 455 g/mol.